The van der Waals surface area contributed by atoms with Crippen molar-refractivity contribution in [2.75, 3.05) is 38.6 Å². The van der Waals surface area contributed by atoms with Crippen LogP contribution in [-0.4, -0.2) is 73.0 Å². The molecule has 4 aliphatic heterocycles. The SMILES string of the molecule is CC1(C)COC(=O)[C@@H]1OC(=O)OCOc1c2n(c(-c3cc(F)c(F)c4c3Cc3ccccc3SC4)cc1=O)N[C@@H]1COCCN1C2=O. The van der Waals surface area contributed by atoms with Crippen LogP contribution >= 0.6 is 11.8 Å². The monoisotopic (exact) mass is 669 g/mol. The molecule has 2 atom stereocenters. The van der Waals surface area contributed by atoms with Gasteiger partial charge in [-0.2, -0.15) is 0 Å². The minimum absolute atomic E-state index is 0.0552. The van der Waals surface area contributed by atoms with Gasteiger partial charge in [0.05, 0.1) is 18.9 Å². The number of thioether (sulfide) groups is 1. The van der Waals surface area contributed by atoms with Gasteiger partial charge in [-0.05, 0) is 29.7 Å². The first kappa shape index (κ1) is 31.0. The summed E-state index contributed by atoms with van der Waals surface area (Å²) in [4.78, 5) is 54.4. The van der Waals surface area contributed by atoms with Crippen molar-refractivity contribution in [3.05, 3.63) is 80.6 Å². The number of aromatic nitrogens is 1. The van der Waals surface area contributed by atoms with Crippen LogP contribution in [0.25, 0.3) is 11.3 Å². The van der Waals surface area contributed by atoms with Crippen molar-refractivity contribution in [3.63, 3.8) is 0 Å². The van der Waals surface area contributed by atoms with Crippen LogP contribution in [0.15, 0.2) is 46.1 Å². The van der Waals surface area contributed by atoms with Crippen molar-refractivity contribution in [1.29, 1.82) is 0 Å². The molecule has 0 unspecified atom stereocenters. The fourth-order valence-corrected chi connectivity index (χ4v) is 7.23. The zero-order chi connectivity index (χ0) is 33.0. The summed E-state index contributed by atoms with van der Waals surface area (Å²) in [5, 5.41) is 0. The van der Waals surface area contributed by atoms with E-state index in [0.29, 0.717) is 5.56 Å². The number of morpholine rings is 1. The third kappa shape index (κ3) is 5.46. The Morgan fingerprint density at radius 3 is 2.74 bits per heavy atom. The third-order valence-corrected chi connectivity index (χ3v) is 9.71. The molecule has 12 nitrogen and oxygen atoms in total. The first-order valence-corrected chi connectivity index (χ1v) is 15.8. The van der Waals surface area contributed by atoms with E-state index in [1.165, 1.54) is 21.3 Å². The molecule has 4 aliphatic rings. The molecule has 2 aromatic carbocycles. The molecule has 0 aliphatic carbocycles. The fourth-order valence-electron chi connectivity index (χ4n) is 6.13. The summed E-state index contributed by atoms with van der Waals surface area (Å²) in [7, 11) is 0. The van der Waals surface area contributed by atoms with Crippen LogP contribution in [0.3, 0.4) is 0 Å². The minimum atomic E-state index is -1.24. The Labute approximate surface area is 270 Å². The number of amides is 1. The maximum atomic E-state index is 15.3. The predicted molar refractivity (Wildman–Crippen MR) is 161 cm³/mol. The number of cyclic esters (lactones) is 1. The summed E-state index contributed by atoms with van der Waals surface area (Å²) in [6.45, 7) is 3.17. The zero-order valence-electron chi connectivity index (χ0n) is 25.3. The fraction of sp³-hybridized carbons (Fsp3) is 0.375. The molecule has 2 saturated heterocycles. The highest BCUT2D eigenvalue weighted by Gasteiger charge is 2.47. The third-order valence-electron chi connectivity index (χ3n) is 8.57. The van der Waals surface area contributed by atoms with Gasteiger partial charge < -0.3 is 34.0 Å². The van der Waals surface area contributed by atoms with E-state index in [2.05, 4.69) is 5.43 Å². The summed E-state index contributed by atoms with van der Waals surface area (Å²) in [5.41, 5.74) is 3.25. The van der Waals surface area contributed by atoms with Crippen molar-refractivity contribution in [2.45, 2.75) is 43.2 Å². The number of esters is 1. The van der Waals surface area contributed by atoms with Crippen LogP contribution in [0.2, 0.25) is 0 Å². The zero-order valence-corrected chi connectivity index (χ0v) is 26.1. The molecule has 0 radical (unpaired) electrons. The number of nitrogens with zero attached hydrogens (tertiary/aromatic N) is 2. The molecule has 1 amide bonds. The van der Waals surface area contributed by atoms with Gasteiger partial charge in [-0.1, -0.05) is 32.0 Å². The van der Waals surface area contributed by atoms with Gasteiger partial charge in [0, 0.05) is 39.8 Å². The molecule has 0 saturated carbocycles. The van der Waals surface area contributed by atoms with Gasteiger partial charge in [-0.3, -0.25) is 9.59 Å². The quantitative estimate of drug-likeness (QED) is 0.314. The van der Waals surface area contributed by atoms with Crippen LogP contribution in [0.4, 0.5) is 13.6 Å². The summed E-state index contributed by atoms with van der Waals surface area (Å²) in [6, 6.07) is 9.73. The highest BCUT2D eigenvalue weighted by atomic mass is 32.2. The van der Waals surface area contributed by atoms with Gasteiger partial charge in [0.1, 0.15) is 12.8 Å². The Bertz CT molecular complexity index is 1880. The lowest BCUT2D eigenvalue weighted by molar-refractivity contribution is -0.147. The Morgan fingerprint density at radius 2 is 1.96 bits per heavy atom. The smallest absolute Gasteiger partial charge is 0.462 e. The maximum Gasteiger partial charge on any atom is 0.512 e. The molecular weight excluding hydrogens is 640 g/mol. The highest BCUT2D eigenvalue weighted by Crippen LogP contribution is 2.41. The van der Waals surface area contributed by atoms with E-state index in [-0.39, 0.29) is 61.1 Å². The second-order valence-electron chi connectivity index (χ2n) is 12.1. The van der Waals surface area contributed by atoms with Crippen molar-refractivity contribution in [2.24, 2.45) is 5.41 Å². The summed E-state index contributed by atoms with van der Waals surface area (Å²) < 4.78 is 58.1. The Balaban J connectivity index is 1.27. The topological polar surface area (TPSA) is 135 Å². The molecule has 7 rings (SSSR count). The van der Waals surface area contributed by atoms with Gasteiger partial charge in [-0.25, -0.2) is 23.0 Å². The predicted octanol–water partition coefficient (Wildman–Crippen LogP) is 3.79. The highest BCUT2D eigenvalue weighted by molar-refractivity contribution is 7.98. The second-order valence-corrected chi connectivity index (χ2v) is 13.1. The lowest BCUT2D eigenvalue weighted by Gasteiger charge is -2.42. The lowest BCUT2D eigenvalue weighted by Crippen LogP contribution is -2.59. The van der Waals surface area contributed by atoms with Crippen molar-refractivity contribution >= 4 is 29.8 Å². The second kappa shape index (κ2) is 11.9. The number of hydrogen-bond acceptors (Lipinski definition) is 11. The average Bonchev–Trinajstić information content (AvgIpc) is 3.19. The van der Waals surface area contributed by atoms with E-state index in [1.807, 2.05) is 24.3 Å². The van der Waals surface area contributed by atoms with E-state index >= 15 is 8.78 Å². The largest absolute Gasteiger partial charge is 0.512 e. The summed E-state index contributed by atoms with van der Waals surface area (Å²) >= 11 is 1.38. The molecule has 5 heterocycles. The average molecular weight is 670 g/mol. The molecule has 0 spiro atoms. The Morgan fingerprint density at radius 1 is 1.15 bits per heavy atom. The number of ether oxygens (including phenoxy) is 5. The van der Waals surface area contributed by atoms with Crippen molar-refractivity contribution < 1.29 is 46.8 Å². The van der Waals surface area contributed by atoms with Gasteiger partial charge in [0.15, 0.2) is 17.3 Å². The number of rotatable bonds is 5. The van der Waals surface area contributed by atoms with E-state index < -0.39 is 65.3 Å². The number of carbonyl (C=O) groups is 3. The van der Waals surface area contributed by atoms with Gasteiger partial charge in [-0.15, -0.1) is 11.8 Å². The molecule has 1 aromatic heterocycles. The van der Waals surface area contributed by atoms with Crippen LogP contribution in [0.1, 0.15) is 41.0 Å². The number of pyridine rings is 1. The van der Waals surface area contributed by atoms with E-state index in [0.717, 1.165) is 22.6 Å². The number of halogens is 2. The Kier molecular flexibility index (Phi) is 7.83. The summed E-state index contributed by atoms with van der Waals surface area (Å²) in [6.07, 6.45) is -2.83. The molecular formula is C32H29F2N3O9S. The van der Waals surface area contributed by atoms with E-state index in [1.54, 1.807) is 13.8 Å². The van der Waals surface area contributed by atoms with Crippen molar-refractivity contribution in [1.82, 2.24) is 9.58 Å². The van der Waals surface area contributed by atoms with Gasteiger partial charge >= 0.3 is 12.1 Å². The van der Waals surface area contributed by atoms with Crippen LogP contribution in [0.5, 0.6) is 5.75 Å². The number of fused-ring (bicyclic) bond motifs is 4. The standard InChI is InChI=1S/C32H29F2N3O9S/c1-32(2)14-43-30(40)28(32)46-31(41)45-15-44-27-22(38)11-21(37-26(27)29(39)36-7-8-42-12-24(36)35-37)18-10-20(33)25(34)19-13-47-23-6-4-3-5-16(23)9-17(18)19/h3-6,10-11,24,28,35H,7-9,12-15H2,1-2H3/t24-,28-/m0/s1. The first-order chi connectivity index (χ1) is 22.5. The molecule has 0 bridgehead atoms. The normalized spacial score (nSPS) is 20.9. The summed E-state index contributed by atoms with van der Waals surface area (Å²) in [5.74, 6) is -3.67. The number of benzene rings is 2. The maximum absolute atomic E-state index is 15.3. The molecule has 3 aromatic rings. The first-order valence-electron chi connectivity index (χ1n) is 14.8. The molecule has 15 heteroatoms. The molecule has 246 valence electrons. The number of nitrogens with one attached hydrogen (secondary N) is 1. The Hall–Kier alpha value is -4.63. The molecule has 47 heavy (non-hydrogen) atoms. The van der Waals surface area contributed by atoms with Crippen LogP contribution in [0, 0.1) is 17.0 Å². The van der Waals surface area contributed by atoms with Gasteiger partial charge in [0.2, 0.25) is 24.1 Å². The molecule has 1 N–H and O–H groups in total. The van der Waals surface area contributed by atoms with E-state index in [9.17, 15) is 19.2 Å². The van der Waals surface area contributed by atoms with Crippen molar-refractivity contribution in [3.8, 4) is 17.0 Å². The minimum Gasteiger partial charge on any atom is -0.462 e. The van der Waals surface area contributed by atoms with Crippen LogP contribution in [-0.2, 0) is 35.9 Å². The number of hydrogen-bond donors (Lipinski definition) is 1. The number of carbonyl (C=O) groups excluding carboxylic acids is 3. The van der Waals surface area contributed by atoms with Gasteiger partial charge in [0.25, 0.3) is 5.91 Å². The lowest BCUT2D eigenvalue weighted by atomic mass is 9.90. The van der Waals surface area contributed by atoms with E-state index in [4.69, 9.17) is 23.7 Å². The van der Waals surface area contributed by atoms with Crippen LogP contribution < -0.4 is 15.6 Å². The molecule has 2 fully saturated rings.